The number of aromatic nitrogens is 5. The van der Waals surface area contributed by atoms with Crippen LogP contribution in [-0.2, 0) is 6.54 Å². The summed E-state index contributed by atoms with van der Waals surface area (Å²) in [5, 5.41) is 2.35. The van der Waals surface area contributed by atoms with Gasteiger partial charge in [0.25, 0.3) is 5.56 Å². The van der Waals surface area contributed by atoms with E-state index >= 15 is 0 Å². The fourth-order valence-electron chi connectivity index (χ4n) is 4.25. The van der Waals surface area contributed by atoms with Gasteiger partial charge in [0.15, 0.2) is 5.65 Å². The summed E-state index contributed by atoms with van der Waals surface area (Å²) < 4.78 is 3.49. The van der Waals surface area contributed by atoms with Crippen molar-refractivity contribution in [2.75, 3.05) is 0 Å². The molecule has 0 saturated carbocycles. The van der Waals surface area contributed by atoms with Crippen molar-refractivity contribution in [3.8, 4) is 16.8 Å². The van der Waals surface area contributed by atoms with E-state index in [2.05, 4.69) is 51.4 Å². The highest BCUT2D eigenvalue weighted by Crippen LogP contribution is 2.30. The summed E-state index contributed by atoms with van der Waals surface area (Å²) in [6.45, 7) is 0.340. The second-order valence-corrected chi connectivity index (χ2v) is 7.86. The van der Waals surface area contributed by atoms with Crippen LogP contribution in [0.2, 0.25) is 0 Å². The number of hydrogen-bond acceptors (Lipinski definition) is 4. The quantitative estimate of drug-likeness (QED) is 0.402. The number of rotatable bonds is 4. The zero-order chi connectivity index (χ0) is 22.2. The summed E-state index contributed by atoms with van der Waals surface area (Å²) >= 11 is 0. The summed E-state index contributed by atoms with van der Waals surface area (Å²) in [6.07, 6.45) is 6.87. The van der Waals surface area contributed by atoms with E-state index in [1.54, 1.807) is 23.3 Å². The Labute approximate surface area is 189 Å². The Morgan fingerprint density at radius 3 is 2.64 bits per heavy atom. The Balaban J connectivity index is 1.57. The molecule has 0 radical (unpaired) electrons. The van der Waals surface area contributed by atoms with Crippen molar-refractivity contribution in [2.45, 2.75) is 6.54 Å². The van der Waals surface area contributed by atoms with Gasteiger partial charge in [-0.05, 0) is 46.2 Å². The maximum Gasteiger partial charge on any atom is 0.280 e. The minimum absolute atomic E-state index is 0.190. The maximum atomic E-state index is 13.6. The Morgan fingerprint density at radius 2 is 1.73 bits per heavy atom. The molecule has 0 unspecified atom stereocenters. The molecule has 0 atom stereocenters. The van der Waals surface area contributed by atoms with Crippen LogP contribution in [0.4, 0.5) is 0 Å². The maximum absolute atomic E-state index is 13.6. The van der Waals surface area contributed by atoms with Gasteiger partial charge in [-0.1, -0.05) is 54.6 Å². The first-order valence-corrected chi connectivity index (χ1v) is 10.7. The van der Waals surface area contributed by atoms with Crippen molar-refractivity contribution in [3.05, 3.63) is 120 Å². The Hall–Kier alpha value is -4.58. The standard InChI is InChI=1S/C27H19N5O/c33-27-25(17-31-15-14-28-18-31)30-24-12-5-13-29-26(24)32(27)21-9-3-8-20(16-21)23-11-4-7-19-6-1-2-10-22(19)23/h1-16,18H,17H2. The van der Waals surface area contributed by atoms with Crippen LogP contribution in [0.15, 0.2) is 109 Å². The largest absolute Gasteiger partial charge is 0.331 e. The molecule has 0 aliphatic heterocycles. The van der Waals surface area contributed by atoms with E-state index in [4.69, 9.17) is 0 Å². The average Bonchev–Trinajstić information content (AvgIpc) is 3.37. The molecular weight excluding hydrogens is 410 g/mol. The number of fused-ring (bicyclic) bond motifs is 2. The highest BCUT2D eigenvalue weighted by Gasteiger charge is 2.15. The number of imidazole rings is 1. The van der Waals surface area contributed by atoms with Crippen LogP contribution in [0.25, 0.3) is 38.8 Å². The number of benzene rings is 3. The molecule has 33 heavy (non-hydrogen) atoms. The number of hydrogen-bond donors (Lipinski definition) is 0. The molecule has 0 spiro atoms. The topological polar surface area (TPSA) is 65.6 Å². The van der Waals surface area contributed by atoms with E-state index in [1.807, 2.05) is 53.2 Å². The molecule has 3 aromatic heterocycles. The van der Waals surface area contributed by atoms with Gasteiger partial charge in [0.1, 0.15) is 11.2 Å². The van der Waals surface area contributed by atoms with E-state index in [-0.39, 0.29) is 5.56 Å². The molecule has 0 saturated heterocycles. The second-order valence-electron chi connectivity index (χ2n) is 7.86. The van der Waals surface area contributed by atoms with Crippen LogP contribution >= 0.6 is 0 Å². The first-order valence-electron chi connectivity index (χ1n) is 10.7. The molecule has 0 aliphatic carbocycles. The molecule has 6 heteroatoms. The summed E-state index contributed by atoms with van der Waals surface area (Å²) in [7, 11) is 0. The van der Waals surface area contributed by atoms with Gasteiger partial charge in [0, 0.05) is 18.6 Å². The van der Waals surface area contributed by atoms with E-state index in [0.29, 0.717) is 23.4 Å². The van der Waals surface area contributed by atoms with Gasteiger partial charge in [0.2, 0.25) is 0 Å². The van der Waals surface area contributed by atoms with Gasteiger partial charge in [-0.25, -0.2) is 15.0 Å². The zero-order valence-electron chi connectivity index (χ0n) is 17.7. The fourth-order valence-corrected chi connectivity index (χ4v) is 4.25. The fraction of sp³-hybridized carbons (Fsp3) is 0.0370. The summed E-state index contributed by atoms with van der Waals surface area (Å²) in [5.74, 6) is 0. The lowest BCUT2D eigenvalue weighted by Crippen LogP contribution is -2.26. The zero-order valence-corrected chi connectivity index (χ0v) is 17.7. The highest BCUT2D eigenvalue weighted by molar-refractivity contribution is 5.96. The summed E-state index contributed by atoms with van der Waals surface area (Å²) in [5.41, 5.74) is 4.35. The van der Waals surface area contributed by atoms with Crippen LogP contribution < -0.4 is 5.56 Å². The molecule has 0 aliphatic rings. The predicted molar refractivity (Wildman–Crippen MR) is 129 cm³/mol. The van der Waals surface area contributed by atoms with Crippen LogP contribution in [0.3, 0.4) is 0 Å². The third kappa shape index (κ3) is 3.38. The Bertz CT molecular complexity index is 1660. The lowest BCUT2D eigenvalue weighted by molar-refractivity contribution is 0.753. The minimum atomic E-state index is -0.190. The van der Waals surface area contributed by atoms with Crippen LogP contribution in [0.1, 0.15) is 5.69 Å². The second kappa shape index (κ2) is 7.84. The van der Waals surface area contributed by atoms with Gasteiger partial charge in [0.05, 0.1) is 18.6 Å². The molecule has 6 nitrogen and oxygen atoms in total. The van der Waals surface area contributed by atoms with Crippen LogP contribution in [-0.4, -0.2) is 24.1 Å². The molecule has 0 amide bonds. The summed E-state index contributed by atoms with van der Waals surface area (Å²) in [6, 6.07) is 26.3. The van der Waals surface area contributed by atoms with Gasteiger partial charge in [-0.15, -0.1) is 0 Å². The number of pyridine rings is 1. The van der Waals surface area contributed by atoms with E-state index in [9.17, 15) is 4.79 Å². The third-order valence-electron chi connectivity index (χ3n) is 5.78. The average molecular weight is 429 g/mol. The van der Waals surface area contributed by atoms with Crippen molar-refractivity contribution in [3.63, 3.8) is 0 Å². The van der Waals surface area contributed by atoms with Crippen molar-refractivity contribution in [2.24, 2.45) is 0 Å². The third-order valence-corrected chi connectivity index (χ3v) is 5.78. The normalized spacial score (nSPS) is 11.3. The minimum Gasteiger partial charge on any atom is -0.331 e. The highest BCUT2D eigenvalue weighted by atomic mass is 16.1. The van der Waals surface area contributed by atoms with Gasteiger partial charge in [-0.3, -0.25) is 9.36 Å². The lowest BCUT2D eigenvalue weighted by Gasteiger charge is -2.14. The predicted octanol–water partition coefficient (Wildman–Crippen LogP) is 4.85. The lowest BCUT2D eigenvalue weighted by atomic mass is 9.98. The smallest absolute Gasteiger partial charge is 0.280 e. The summed E-state index contributed by atoms with van der Waals surface area (Å²) in [4.78, 5) is 26.8. The molecular formula is C27H19N5O. The SMILES string of the molecule is O=c1c(Cn2ccnc2)nc2cccnc2n1-c1cccc(-c2cccc3ccccc23)c1. The monoisotopic (exact) mass is 429 g/mol. The van der Waals surface area contributed by atoms with Gasteiger partial charge < -0.3 is 4.57 Å². The van der Waals surface area contributed by atoms with Crippen LogP contribution in [0.5, 0.6) is 0 Å². The van der Waals surface area contributed by atoms with E-state index < -0.39 is 0 Å². The van der Waals surface area contributed by atoms with Gasteiger partial charge >= 0.3 is 0 Å². The van der Waals surface area contributed by atoms with Gasteiger partial charge in [-0.2, -0.15) is 0 Å². The molecule has 3 heterocycles. The Morgan fingerprint density at radius 1 is 0.848 bits per heavy atom. The van der Waals surface area contributed by atoms with E-state index in [0.717, 1.165) is 16.8 Å². The molecule has 0 N–H and O–H groups in total. The molecule has 6 aromatic rings. The van der Waals surface area contributed by atoms with E-state index in [1.165, 1.54) is 10.8 Å². The van der Waals surface area contributed by atoms with Crippen molar-refractivity contribution < 1.29 is 0 Å². The molecule has 0 fully saturated rings. The van der Waals surface area contributed by atoms with Crippen LogP contribution in [0, 0.1) is 0 Å². The first kappa shape index (κ1) is 19.1. The van der Waals surface area contributed by atoms with Crippen molar-refractivity contribution in [1.29, 1.82) is 0 Å². The first-order chi connectivity index (χ1) is 16.3. The molecule has 0 bridgehead atoms. The number of nitrogens with zero attached hydrogens (tertiary/aromatic N) is 5. The molecule has 3 aromatic carbocycles. The Kier molecular flexibility index (Phi) is 4.54. The molecule has 158 valence electrons. The van der Waals surface area contributed by atoms with Crippen molar-refractivity contribution >= 4 is 21.9 Å². The molecule has 6 rings (SSSR count). The van der Waals surface area contributed by atoms with Crippen molar-refractivity contribution in [1.82, 2.24) is 24.1 Å².